The number of benzene rings is 1. The third-order valence-electron chi connectivity index (χ3n) is 3.67. The van der Waals surface area contributed by atoms with Crippen LogP contribution in [0.2, 0.25) is 0 Å². The van der Waals surface area contributed by atoms with Gasteiger partial charge in [0.15, 0.2) is 0 Å². The molecule has 1 aliphatic rings. The number of aromatic nitrogens is 1. The second-order valence-corrected chi connectivity index (χ2v) is 5.09. The second kappa shape index (κ2) is 5.09. The van der Waals surface area contributed by atoms with Crippen LogP contribution in [0.4, 0.5) is 5.82 Å². The zero-order valence-corrected chi connectivity index (χ0v) is 11.0. The van der Waals surface area contributed by atoms with E-state index >= 15 is 0 Å². The zero-order valence-electron chi connectivity index (χ0n) is 11.0. The highest BCUT2D eigenvalue weighted by molar-refractivity contribution is 6.02. The fourth-order valence-corrected chi connectivity index (χ4v) is 2.67. The van der Waals surface area contributed by atoms with Gasteiger partial charge in [-0.25, -0.2) is 9.78 Å². The van der Waals surface area contributed by atoms with Crippen LogP contribution in [0.1, 0.15) is 23.2 Å². The topological polar surface area (TPSA) is 73.7 Å². The molecule has 1 aliphatic heterocycles. The number of carboxylic acids is 1. The maximum absolute atomic E-state index is 11.2. The second-order valence-electron chi connectivity index (χ2n) is 5.09. The summed E-state index contributed by atoms with van der Waals surface area (Å²) in [5.74, 6) is -0.155. The maximum Gasteiger partial charge on any atom is 0.336 e. The van der Waals surface area contributed by atoms with E-state index in [1.165, 1.54) is 0 Å². The number of fused-ring (bicyclic) bond motifs is 1. The molecular formula is C15H16N2O3. The van der Waals surface area contributed by atoms with Crippen LogP contribution in [-0.4, -0.2) is 40.4 Å². The molecule has 20 heavy (non-hydrogen) atoms. The Balaban J connectivity index is 2.01. The van der Waals surface area contributed by atoms with E-state index in [2.05, 4.69) is 4.98 Å². The van der Waals surface area contributed by atoms with Gasteiger partial charge in [-0.3, -0.25) is 0 Å². The molecule has 1 aromatic carbocycles. The summed E-state index contributed by atoms with van der Waals surface area (Å²) in [5.41, 5.74) is 0.933. The molecule has 2 N–H and O–H groups in total. The van der Waals surface area contributed by atoms with E-state index < -0.39 is 5.97 Å². The van der Waals surface area contributed by atoms with Crippen molar-refractivity contribution >= 4 is 22.7 Å². The van der Waals surface area contributed by atoms with Crippen molar-refractivity contribution in [3.05, 3.63) is 35.9 Å². The third kappa shape index (κ3) is 2.32. The first-order valence-corrected chi connectivity index (χ1v) is 6.71. The monoisotopic (exact) mass is 272 g/mol. The van der Waals surface area contributed by atoms with Gasteiger partial charge in [0.25, 0.3) is 0 Å². The van der Waals surface area contributed by atoms with E-state index in [0.717, 1.165) is 25.2 Å². The first kappa shape index (κ1) is 12.9. The minimum atomic E-state index is -0.946. The predicted molar refractivity (Wildman–Crippen MR) is 76.2 cm³/mol. The summed E-state index contributed by atoms with van der Waals surface area (Å²) in [7, 11) is 0. The summed E-state index contributed by atoms with van der Waals surface area (Å²) in [6.45, 7) is 1.45. The summed E-state index contributed by atoms with van der Waals surface area (Å²) >= 11 is 0. The number of carboxylic acid groups (broad SMARTS) is 1. The van der Waals surface area contributed by atoms with E-state index in [1.54, 1.807) is 18.2 Å². The van der Waals surface area contributed by atoms with Crippen LogP contribution in [0, 0.1) is 0 Å². The number of hydrogen-bond acceptors (Lipinski definition) is 4. The van der Waals surface area contributed by atoms with Crippen LogP contribution in [0.15, 0.2) is 30.3 Å². The van der Waals surface area contributed by atoms with Gasteiger partial charge in [0.1, 0.15) is 5.82 Å². The summed E-state index contributed by atoms with van der Waals surface area (Å²) in [6.07, 6.45) is 1.45. The molecule has 0 spiro atoms. The van der Waals surface area contributed by atoms with Crippen molar-refractivity contribution in [3.63, 3.8) is 0 Å². The van der Waals surface area contributed by atoms with E-state index in [0.29, 0.717) is 17.4 Å². The number of rotatable bonds is 2. The van der Waals surface area contributed by atoms with Crippen LogP contribution in [0.25, 0.3) is 10.9 Å². The largest absolute Gasteiger partial charge is 0.478 e. The minimum Gasteiger partial charge on any atom is -0.478 e. The van der Waals surface area contributed by atoms with Crippen LogP contribution < -0.4 is 4.90 Å². The smallest absolute Gasteiger partial charge is 0.336 e. The van der Waals surface area contributed by atoms with E-state index in [-0.39, 0.29) is 11.7 Å². The number of hydrogen-bond donors (Lipinski definition) is 2. The van der Waals surface area contributed by atoms with Crippen LogP contribution in [-0.2, 0) is 0 Å². The number of carbonyl (C=O) groups is 1. The zero-order chi connectivity index (χ0) is 14.1. The number of aliphatic hydroxyl groups excluding tert-OH is 1. The Morgan fingerprint density at radius 1 is 1.30 bits per heavy atom. The van der Waals surface area contributed by atoms with Crippen molar-refractivity contribution in [2.24, 2.45) is 0 Å². The first-order valence-electron chi connectivity index (χ1n) is 6.71. The highest BCUT2D eigenvalue weighted by atomic mass is 16.4. The molecule has 0 radical (unpaired) electrons. The van der Waals surface area contributed by atoms with Crippen LogP contribution in [0.3, 0.4) is 0 Å². The molecule has 0 amide bonds. The molecule has 2 aromatic rings. The van der Waals surface area contributed by atoms with Crippen LogP contribution in [0.5, 0.6) is 0 Å². The number of anilines is 1. The molecule has 1 fully saturated rings. The Kier molecular flexibility index (Phi) is 3.28. The SMILES string of the molecule is O=C(O)c1cccc2nc(N3CCCC(O)C3)ccc12. The lowest BCUT2D eigenvalue weighted by atomic mass is 10.1. The van der Waals surface area contributed by atoms with Gasteiger partial charge >= 0.3 is 5.97 Å². The number of β-amino-alcohol motifs (C(OH)–C–C–N with tert-alkyl or cyclic N) is 1. The molecular weight excluding hydrogens is 256 g/mol. The lowest BCUT2D eigenvalue weighted by Gasteiger charge is -2.31. The molecule has 1 saturated heterocycles. The lowest BCUT2D eigenvalue weighted by Crippen LogP contribution is -2.38. The number of piperidine rings is 1. The average molecular weight is 272 g/mol. The molecule has 2 heterocycles. The van der Waals surface area contributed by atoms with Gasteiger partial charge in [0, 0.05) is 18.5 Å². The van der Waals surface area contributed by atoms with Crippen LogP contribution >= 0.6 is 0 Å². The van der Waals surface area contributed by atoms with E-state index in [4.69, 9.17) is 5.11 Å². The predicted octanol–water partition coefficient (Wildman–Crippen LogP) is 1.89. The summed E-state index contributed by atoms with van der Waals surface area (Å²) in [4.78, 5) is 17.7. The van der Waals surface area contributed by atoms with Gasteiger partial charge in [-0.05, 0) is 37.1 Å². The molecule has 0 saturated carbocycles. The van der Waals surface area contributed by atoms with Crippen molar-refractivity contribution in [3.8, 4) is 0 Å². The molecule has 1 aromatic heterocycles. The van der Waals surface area contributed by atoms with Gasteiger partial charge in [0.2, 0.25) is 0 Å². The Hall–Kier alpha value is -2.14. The maximum atomic E-state index is 11.2. The van der Waals surface area contributed by atoms with Crippen molar-refractivity contribution in [2.75, 3.05) is 18.0 Å². The van der Waals surface area contributed by atoms with Crippen molar-refractivity contribution < 1.29 is 15.0 Å². The molecule has 3 rings (SSSR count). The molecule has 0 aliphatic carbocycles. The highest BCUT2D eigenvalue weighted by Crippen LogP contribution is 2.23. The molecule has 1 atom stereocenters. The quantitative estimate of drug-likeness (QED) is 0.873. The highest BCUT2D eigenvalue weighted by Gasteiger charge is 2.19. The van der Waals surface area contributed by atoms with Gasteiger partial charge in [0.05, 0.1) is 17.2 Å². The summed E-state index contributed by atoms with van der Waals surface area (Å²) in [5, 5.41) is 19.5. The Bertz CT molecular complexity index is 657. The molecule has 0 bridgehead atoms. The Labute approximate surface area is 116 Å². The Morgan fingerprint density at radius 2 is 2.15 bits per heavy atom. The number of aromatic carboxylic acids is 1. The number of pyridine rings is 1. The molecule has 5 heteroatoms. The fourth-order valence-electron chi connectivity index (χ4n) is 2.67. The summed E-state index contributed by atoms with van der Waals surface area (Å²) < 4.78 is 0. The normalized spacial score (nSPS) is 19.2. The van der Waals surface area contributed by atoms with Crippen molar-refractivity contribution in [2.45, 2.75) is 18.9 Å². The van der Waals surface area contributed by atoms with Gasteiger partial charge in [-0.2, -0.15) is 0 Å². The Morgan fingerprint density at radius 3 is 2.90 bits per heavy atom. The molecule has 5 nitrogen and oxygen atoms in total. The lowest BCUT2D eigenvalue weighted by molar-refractivity contribution is 0.0699. The van der Waals surface area contributed by atoms with E-state index in [1.807, 2.05) is 17.0 Å². The van der Waals surface area contributed by atoms with Crippen molar-refractivity contribution in [1.29, 1.82) is 0 Å². The standard InChI is InChI=1S/C15H16N2O3/c18-10-3-2-8-17(9-10)14-7-6-11-12(15(19)20)4-1-5-13(11)16-14/h1,4-7,10,18H,2-3,8-9H2,(H,19,20). The number of nitrogens with zero attached hydrogens (tertiary/aromatic N) is 2. The molecule has 104 valence electrons. The van der Waals surface area contributed by atoms with Gasteiger partial charge < -0.3 is 15.1 Å². The van der Waals surface area contributed by atoms with Crippen molar-refractivity contribution in [1.82, 2.24) is 4.98 Å². The van der Waals surface area contributed by atoms with Gasteiger partial charge in [-0.1, -0.05) is 6.07 Å². The fraction of sp³-hybridized carbons (Fsp3) is 0.333. The summed E-state index contributed by atoms with van der Waals surface area (Å²) in [6, 6.07) is 8.71. The molecule has 1 unspecified atom stereocenters. The number of aliphatic hydroxyl groups is 1. The first-order chi connectivity index (χ1) is 9.65. The minimum absolute atomic E-state index is 0.264. The van der Waals surface area contributed by atoms with E-state index in [9.17, 15) is 9.90 Å². The average Bonchev–Trinajstić information content (AvgIpc) is 2.46. The third-order valence-corrected chi connectivity index (χ3v) is 3.67. The van der Waals surface area contributed by atoms with Gasteiger partial charge in [-0.15, -0.1) is 0 Å².